The van der Waals surface area contributed by atoms with E-state index in [1.807, 2.05) is 16.5 Å². The zero-order valence-corrected chi connectivity index (χ0v) is 14.4. The molecule has 1 spiro atoms. The van der Waals surface area contributed by atoms with Gasteiger partial charge in [0.2, 0.25) is 0 Å². The van der Waals surface area contributed by atoms with Crippen molar-refractivity contribution in [3.05, 3.63) is 40.9 Å². The fourth-order valence-electron chi connectivity index (χ4n) is 3.98. The second-order valence-corrected chi connectivity index (χ2v) is 7.79. The van der Waals surface area contributed by atoms with Gasteiger partial charge in [0.15, 0.2) is 0 Å². The Morgan fingerprint density at radius 3 is 2.92 bits per heavy atom. The van der Waals surface area contributed by atoms with Crippen LogP contribution in [0.25, 0.3) is 0 Å². The van der Waals surface area contributed by atoms with E-state index in [0.717, 1.165) is 39.1 Å². The molecule has 2 aliphatic rings. The zero-order chi connectivity index (χ0) is 16.4. The van der Waals surface area contributed by atoms with Gasteiger partial charge >= 0.3 is 0 Å². The number of thiazole rings is 1. The fraction of sp³-hybridized carbons (Fsp3) is 0.529. The largest absolute Gasteiger partial charge is 0.337 e. The standard InChI is InChI=1S/C17H21N5OS/c23-16(14-10-18-4-5-19-14)22-8-3-17(13-22)2-1-7-21(12-17)11-15-20-6-9-24-15/h4-6,9-10H,1-3,7-8,11-13H2/t17-/m0/s1. The number of hydrogen-bond acceptors (Lipinski definition) is 6. The van der Waals surface area contributed by atoms with Gasteiger partial charge in [0.25, 0.3) is 5.91 Å². The highest BCUT2D eigenvalue weighted by Crippen LogP contribution is 2.39. The zero-order valence-electron chi connectivity index (χ0n) is 13.6. The average molecular weight is 343 g/mol. The van der Waals surface area contributed by atoms with Crippen LogP contribution in [0.15, 0.2) is 30.2 Å². The van der Waals surface area contributed by atoms with Gasteiger partial charge in [-0.25, -0.2) is 9.97 Å². The van der Waals surface area contributed by atoms with Crippen molar-refractivity contribution in [1.29, 1.82) is 0 Å². The van der Waals surface area contributed by atoms with Crippen LogP contribution in [-0.2, 0) is 6.54 Å². The molecule has 126 valence electrons. The van der Waals surface area contributed by atoms with Gasteiger partial charge in [0, 0.05) is 49.0 Å². The van der Waals surface area contributed by atoms with Crippen LogP contribution in [-0.4, -0.2) is 56.8 Å². The smallest absolute Gasteiger partial charge is 0.274 e. The van der Waals surface area contributed by atoms with Gasteiger partial charge in [-0.05, 0) is 25.8 Å². The minimum absolute atomic E-state index is 0.0111. The van der Waals surface area contributed by atoms with Crippen molar-refractivity contribution >= 4 is 17.2 Å². The normalized spacial score (nSPS) is 24.6. The van der Waals surface area contributed by atoms with Crippen LogP contribution in [0.4, 0.5) is 0 Å². The van der Waals surface area contributed by atoms with E-state index in [9.17, 15) is 4.79 Å². The van der Waals surface area contributed by atoms with E-state index in [2.05, 4.69) is 19.9 Å². The predicted molar refractivity (Wildman–Crippen MR) is 91.6 cm³/mol. The third-order valence-corrected chi connectivity index (χ3v) is 5.86. The Morgan fingerprint density at radius 2 is 2.12 bits per heavy atom. The molecule has 7 heteroatoms. The van der Waals surface area contributed by atoms with E-state index in [1.165, 1.54) is 17.8 Å². The maximum atomic E-state index is 12.6. The second-order valence-electron chi connectivity index (χ2n) is 6.81. The summed E-state index contributed by atoms with van der Waals surface area (Å²) in [7, 11) is 0. The van der Waals surface area contributed by atoms with Crippen molar-refractivity contribution in [2.75, 3.05) is 26.2 Å². The van der Waals surface area contributed by atoms with Crippen LogP contribution in [0, 0.1) is 5.41 Å². The number of amides is 1. The molecule has 4 rings (SSSR count). The summed E-state index contributed by atoms with van der Waals surface area (Å²) in [5.41, 5.74) is 0.679. The number of carbonyl (C=O) groups is 1. The van der Waals surface area contributed by atoms with Crippen LogP contribution in [0.1, 0.15) is 34.8 Å². The van der Waals surface area contributed by atoms with E-state index in [1.54, 1.807) is 29.9 Å². The third kappa shape index (κ3) is 3.18. The van der Waals surface area contributed by atoms with Crippen molar-refractivity contribution in [2.24, 2.45) is 5.41 Å². The Kier molecular flexibility index (Phi) is 4.28. The number of carbonyl (C=O) groups excluding carboxylic acids is 1. The van der Waals surface area contributed by atoms with Gasteiger partial charge in [0.1, 0.15) is 10.7 Å². The summed E-state index contributed by atoms with van der Waals surface area (Å²) >= 11 is 1.72. The second kappa shape index (κ2) is 6.57. The molecule has 0 N–H and O–H groups in total. The molecule has 0 saturated carbocycles. The van der Waals surface area contributed by atoms with E-state index in [-0.39, 0.29) is 11.3 Å². The van der Waals surface area contributed by atoms with Crippen molar-refractivity contribution in [2.45, 2.75) is 25.8 Å². The van der Waals surface area contributed by atoms with Gasteiger partial charge in [-0.15, -0.1) is 11.3 Å². The van der Waals surface area contributed by atoms with Crippen molar-refractivity contribution in [3.63, 3.8) is 0 Å². The lowest BCUT2D eigenvalue weighted by Gasteiger charge is -2.40. The van der Waals surface area contributed by atoms with Gasteiger partial charge in [0.05, 0.1) is 12.7 Å². The molecule has 0 radical (unpaired) electrons. The summed E-state index contributed by atoms with van der Waals surface area (Å²) in [6, 6.07) is 0. The molecule has 4 heterocycles. The van der Waals surface area contributed by atoms with Gasteiger partial charge in [-0.1, -0.05) is 0 Å². The highest BCUT2D eigenvalue weighted by atomic mass is 32.1. The predicted octanol–water partition coefficient (Wildman–Crippen LogP) is 2.06. The minimum Gasteiger partial charge on any atom is -0.337 e. The summed E-state index contributed by atoms with van der Waals surface area (Å²) < 4.78 is 0. The molecule has 2 saturated heterocycles. The molecule has 2 fully saturated rings. The highest BCUT2D eigenvalue weighted by molar-refractivity contribution is 7.09. The van der Waals surface area contributed by atoms with E-state index in [0.29, 0.717) is 5.69 Å². The van der Waals surface area contributed by atoms with Crippen molar-refractivity contribution < 1.29 is 4.79 Å². The van der Waals surface area contributed by atoms with Crippen LogP contribution in [0.5, 0.6) is 0 Å². The van der Waals surface area contributed by atoms with Crippen LogP contribution in [0.3, 0.4) is 0 Å². The number of hydrogen-bond donors (Lipinski definition) is 0. The topological polar surface area (TPSA) is 62.2 Å². The summed E-state index contributed by atoms with van der Waals surface area (Å²) in [6.45, 7) is 4.76. The quantitative estimate of drug-likeness (QED) is 0.854. The lowest BCUT2D eigenvalue weighted by molar-refractivity contribution is 0.0670. The molecule has 1 atom stereocenters. The lowest BCUT2D eigenvalue weighted by Crippen LogP contribution is -2.45. The van der Waals surface area contributed by atoms with Gasteiger partial charge in [-0.3, -0.25) is 14.7 Å². The van der Waals surface area contributed by atoms with Crippen LogP contribution in [0.2, 0.25) is 0 Å². The summed E-state index contributed by atoms with van der Waals surface area (Å²) in [5.74, 6) is 0.0111. The molecule has 2 aromatic heterocycles. The molecular weight excluding hydrogens is 322 g/mol. The number of aromatic nitrogens is 3. The molecule has 2 aromatic rings. The number of piperidine rings is 1. The van der Waals surface area contributed by atoms with Crippen molar-refractivity contribution in [1.82, 2.24) is 24.8 Å². The van der Waals surface area contributed by atoms with Gasteiger partial charge < -0.3 is 4.90 Å². The first-order chi connectivity index (χ1) is 11.7. The minimum atomic E-state index is 0.0111. The first-order valence-electron chi connectivity index (χ1n) is 8.40. The summed E-state index contributed by atoms with van der Waals surface area (Å²) in [5, 5.41) is 3.21. The summed E-state index contributed by atoms with van der Waals surface area (Å²) in [4.78, 5) is 29.6. The molecule has 0 aliphatic carbocycles. The fourth-order valence-corrected chi connectivity index (χ4v) is 4.64. The number of rotatable bonds is 3. The van der Waals surface area contributed by atoms with E-state index >= 15 is 0 Å². The number of nitrogens with zero attached hydrogens (tertiary/aromatic N) is 5. The van der Waals surface area contributed by atoms with Crippen LogP contribution < -0.4 is 0 Å². The average Bonchev–Trinajstić information content (AvgIpc) is 3.26. The Hall–Kier alpha value is -1.86. The molecule has 1 amide bonds. The van der Waals surface area contributed by atoms with E-state index in [4.69, 9.17) is 0 Å². The highest BCUT2D eigenvalue weighted by Gasteiger charge is 2.43. The summed E-state index contributed by atoms with van der Waals surface area (Å²) in [6.07, 6.45) is 10.1. The molecule has 24 heavy (non-hydrogen) atoms. The monoisotopic (exact) mass is 343 g/mol. The molecule has 0 unspecified atom stereocenters. The third-order valence-electron chi connectivity index (χ3n) is 5.09. The maximum Gasteiger partial charge on any atom is 0.274 e. The number of likely N-dealkylation sites (tertiary alicyclic amines) is 2. The Balaban J connectivity index is 1.42. The van der Waals surface area contributed by atoms with Gasteiger partial charge in [-0.2, -0.15) is 0 Å². The lowest BCUT2D eigenvalue weighted by atomic mass is 9.79. The van der Waals surface area contributed by atoms with Crippen molar-refractivity contribution in [3.8, 4) is 0 Å². The first-order valence-corrected chi connectivity index (χ1v) is 9.28. The molecule has 2 aliphatic heterocycles. The maximum absolute atomic E-state index is 12.6. The molecular formula is C17H21N5OS. The first kappa shape index (κ1) is 15.7. The molecule has 6 nitrogen and oxygen atoms in total. The molecule has 0 aromatic carbocycles. The Morgan fingerprint density at radius 1 is 1.17 bits per heavy atom. The Labute approximate surface area is 145 Å². The Bertz CT molecular complexity index is 692. The molecule has 0 bridgehead atoms. The van der Waals surface area contributed by atoms with Crippen LogP contribution >= 0.6 is 11.3 Å². The SMILES string of the molecule is O=C(c1cnccn1)N1CC[C@]2(CCCN(Cc3nccs3)C2)C1. The van der Waals surface area contributed by atoms with E-state index < -0.39 is 0 Å².